The van der Waals surface area contributed by atoms with E-state index in [0.717, 1.165) is 17.7 Å². The van der Waals surface area contributed by atoms with E-state index in [9.17, 15) is 9.18 Å². The van der Waals surface area contributed by atoms with Crippen LogP contribution in [-0.4, -0.2) is 21.4 Å². The minimum Gasteiger partial charge on any atom is -0.345 e. The minimum absolute atomic E-state index is 0.0178. The fraction of sp³-hybridized carbons (Fsp3) is 0.261. The lowest BCUT2D eigenvalue weighted by Crippen LogP contribution is -2.38. The van der Waals surface area contributed by atoms with E-state index in [-0.39, 0.29) is 17.5 Å². The van der Waals surface area contributed by atoms with Gasteiger partial charge in [0.2, 0.25) is 0 Å². The van der Waals surface area contributed by atoms with Crippen molar-refractivity contribution >= 4 is 17.5 Å². The van der Waals surface area contributed by atoms with Crippen molar-refractivity contribution in [2.75, 3.05) is 0 Å². The van der Waals surface area contributed by atoms with Crippen molar-refractivity contribution in [2.24, 2.45) is 0 Å². The molecule has 0 aliphatic rings. The summed E-state index contributed by atoms with van der Waals surface area (Å²) in [6, 6.07) is 17.8. The standard InChI is InChI=1S/C23H24ClFN2O/c1-3-17(2)27(23(28)20-11-5-7-13-22(20)25)16-19-10-8-14-26(19)15-18-9-4-6-12-21(18)24/h4-14,17H,3,15-16H2,1-2H3/t17-/m0/s1. The quantitative estimate of drug-likeness (QED) is 0.496. The van der Waals surface area contributed by atoms with Crippen LogP contribution in [0.15, 0.2) is 66.9 Å². The molecule has 28 heavy (non-hydrogen) atoms. The Bertz CT molecular complexity index is 953. The molecule has 3 aromatic rings. The number of halogens is 2. The number of amides is 1. The van der Waals surface area contributed by atoms with Crippen molar-refractivity contribution < 1.29 is 9.18 Å². The maximum absolute atomic E-state index is 14.2. The van der Waals surface area contributed by atoms with Crippen LogP contribution < -0.4 is 0 Å². The number of rotatable bonds is 7. The number of aromatic nitrogens is 1. The Morgan fingerprint density at radius 2 is 1.82 bits per heavy atom. The first-order chi connectivity index (χ1) is 13.5. The highest BCUT2D eigenvalue weighted by atomic mass is 35.5. The molecule has 3 rings (SSSR count). The van der Waals surface area contributed by atoms with E-state index in [1.807, 2.05) is 56.4 Å². The smallest absolute Gasteiger partial charge is 0.257 e. The highest BCUT2D eigenvalue weighted by Gasteiger charge is 2.24. The normalized spacial score (nSPS) is 12.0. The van der Waals surface area contributed by atoms with Crippen LogP contribution in [0.5, 0.6) is 0 Å². The van der Waals surface area contributed by atoms with Crippen LogP contribution in [0, 0.1) is 5.82 Å². The zero-order valence-corrected chi connectivity index (χ0v) is 16.9. The van der Waals surface area contributed by atoms with Gasteiger partial charge in [0.1, 0.15) is 5.82 Å². The fourth-order valence-electron chi connectivity index (χ4n) is 3.17. The summed E-state index contributed by atoms with van der Waals surface area (Å²) >= 11 is 6.30. The third kappa shape index (κ3) is 4.45. The molecule has 1 heterocycles. The molecule has 0 saturated heterocycles. The lowest BCUT2D eigenvalue weighted by atomic mass is 10.1. The average molecular weight is 399 g/mol. The van der Waals surface area contributed by atoms with E-state index in [2.05, 4.69) is 4.57 Å². The van der Waals surface area contributed by atoms with E-state index < -0.39 is 5.82 Å². The number of carbonyl (C=O) groups is 1. The summed E-state index contributed by atoms with van der Waals surface area (Å²) in [6.07, 6.45) is 2.76. The molecule has 0 N–H and O–H groups in total. The number of hydrogen-bond donors (Lipinski definition) is 0. The summed E-state index contributed by atoms with van der Waals surface area (Å²) < 4.78 is 16.3. The van der Waals surface area contributed by atoms with Gasteiger partial charge in [-0.3, -0.25) is 4.79 Å². The van der Waals surface area contributed by atoms with Crippen molar-refractivity contribution in [1.82, 2.24) is 9.47 Å². The van der Waals surface area contributed by atoms with Crippen molar-refractivity contribution in [2.45, 2.75) is 39.4 Å². The lowest BCUT2D eigenvalue weighted by molar-refractivity contribution is 0.0662. The van der Waals surface area contributed by atoms with Gasteiger partial charge >= 0.3 is 0 Å². The van der Waals surface area contributed by atoms with Crippen LogP contribution in [0.4, 0.5) is 4.39 Å². The zero-order chi connectivity index (χ0) is 20.1. The van der Waals surface area contributed by atoms with E-state index >= 15 is 0 Å². The largest absolute Gasteiger partial charge is 0.345 e. The molecule has 0 aliphatic carbocycles. The van der Waals surface area contributed by atoms with Gasteiger partial charge in [-0.05, 0) is 49.2 Å². The number of carbonyl (C=O) groups excluding carboxylic acids is 1. The first-order valence-electron chi connectivity index (χ1n) is 9.44. The molecule has 0 spiro atoms. The Hall–Kier alpha value is -2.59. The van der Waals surface area contributed by atoms with Crippen LogP contribution in [0.25, 0.3) is 0 Å². The Kier molecular flexibility index (Phi) is 6.53. The Balaban J connectivity index is 1.87. The van der Waals surface area contributed by atoms with Gasteiger partial charge in [0.25, 0.3) is 5.91 Å². The van der Waals surface area contributed by atoms with Gasteiger partial charge in [-0.1, -0.05) is 48.9 Å². The topological polar surface area (TPSA) is 25.2 Å². The maximum Gasteiger partial charge on any atom is 0.257 e. The van der Waals surface area contributed by atoms with Crippen molar-refractivity contribution in [3.05, 3.63) is 94.5 Å². The molecule has 0 fully saturated rings. The molecule has 5 heteroatoms. The van der Waals surface area contributed by atoms with Crippen LogP contribution >= 0.6 is 11.6 Å². The summed E-state index contributed by atoms with van der Waals surface area (Å²) in [5.41, 5.74) is 2.09. The summed E-state index contributed by atoms with van der Waals surface area (Å²) in [7, 11) is 0. The third-order valence-electron chi connectivity index (χ3n) is 5.04. The third-order valence-corrected chi connectivity index (χ3v) is 5.41. The molecule has 0 saturated carbocycles. The van der Waals surface area contributed by atoms with Crippen LogP contribution in [0.3, 0.4) is 0 Å². The highest BCUT2D eigenvalue weighted by molar-refractivity contribution is 6.31. The highest BCUT2D eigenvalue weighted by Crippen LogP contribution is 2.20. The van der Waals surface area contributed by atoms with E-state index in [1.54, 1.807) is 17.0 Å². The van der Waals surface area contributed by atoms with Crippen molar-refractivity contribution in [3.8, 4) is 0 Å². The van der Waals surface area contributed by atoms with Gasteiger partial charge in [0, 0.05) is 29.5 Å². The van der Waals surface area contributed by atoms with Gasteiger partial charge in [-0.15, -0.1) is 0 Å². The molecule has 0 unspecified atom stereocenters. The second kappa shape index (κ2) is 9.07. The lowest BCUT2D eigenvalue weighted by Gasteiger charge is -2.29. The SMILES string of the molecule is CC[C@H](C)N(Cc1cccn1Cc1ccccc1Cl)C(=O)c1ccccc1F. The van der Waals surface area contributed by atoms with Crippen LogP contribution in [0.2, 0.25) is 5.02 Å². The van der Waals surface area contributed by atoms with Crippen molar-refractivity contribution in [1.29, 1.82) is 0 Å². The van der Waals surface area contributed by atoms with E-state index in [0.29, 0.717) is 18.1 Å². The molecule has 1 atom stereocenters. The number of benzene rings is 2. The minimum atomic E-state index is -0.493. The van der Waals surface area contributed by atoms with Gasteiger partial charge < -0.3 is 9.47 Å². The monoisotopic (exact) mass is 398 g/mol. The predicted molar refractivity (Wildman–Crippen MR) is 111 cm³/mol. The molecule has 1 aromatic heterocycles. The zero-order valence-electron chi connectivity index (χ0n) is 16.1. The molecule has 0 radical (unpaired) electrons. The maximum atomic E-state index is 14.2. The predicted octanol–water partition coefficient (Wildman–Crippen LogP) is 5.77. The Labute approximate surface area is 170 Å². The Morgan fingerprint density at radius 3 is 2.54 bits per heavy atom. The summed E-state index contributed by atoms with van der Waals surface area (Å²) in [5.74, 6) is -0.787. The first kappa shape index (κ1) is 20.2. The van der Waals surface area contributed by atoms with Gasteiger partial charge in [0.15, 0.2) is 0 Å². The molecule has 0 bridgehead atoms. The molecule has 2 aromatic carbocycles. The van der Waals surface area contributed by atoms with E-state index in [4.69, 9.17) is 11.6 Å². The number of hydrogen-bond acceptors (Lipinski definition) is 1. The summed E-state index contributed by atoms with van der Waals surface area (Å²) in [4.78, 5) is 14.8. The second-order valence-electron chi connectivity index (χ2n) is 6.89. The molecular formula is C23H24ClFN2O. The molecule has 1 amide bonds. The van der Waals surface area contributed by atoms with Crippen molar-refractivity contribution in [3.63, 3.8) is 0 Å². The summed E-state index contributed by atoms with van der Waals surface area (Å²) in [6.45, 7) is 5.03. The summed E-state index contributed by atoms with van der Waals surface area (Å²) in [5, 5.41) is 0.711. The molecular weight excluding hydrogens is 375 g/mol. The average Bonchev–Trinajstić information content (AvgIpc) is 3.14. The van der Waals surface area contributed by atoms with Gasteiger partial charge in [-0.2, -0.15) is 0 Å². The number of nitrogens with zero attached hydrogens (tertiary/aromatic N) is 2. The molecule has 146 valence electrons. The molecule has 0 aliphatic heterocycles. The first-order valence-corrected chi connectivity index (χ1v) is 9.82. The Morgan fingerprint density at radius 1 is 1.11 bits per heavy atom. The van der Waals surface area contributed by atoms with Gasteiger partial charge in [0.05, 0.1) is 12.1 Å². The van der Waals surface area contributed by atoms with E-state index in [1.165, 1.54) is 12.1 Å². The van der Waals surface area contributed by atoms with Gasteiger partial charge in [-0.25, -0.2) is 4.39 Å². The second-order valence-corrected chi connectivity index (χ2v) is 7.30. The fourth-order valence-corrected chi connectivity index (χ4v) is 3.36. The van der Waals surface area contributed by atoms with Crippen LogP contribution in [-0.2, 0) is 13.1 Å². The molecule has 3 nitrogen and oxygen atoms in total. The van der Waals surface area contributed by atoms with Crippen LogP contribution in [0.1, 0.15) is 41.9 Å².